The van der Waals surface area contributed by atoms with Gasteiger partial charge in [0.25, 0.3) is 5.91 Å². The Labute approximate surface area is 210 Å². The lowest BCUT2D eigenvalue weighted by atomic mass is 10.00. The zero-order chi connectivity index (χ0) is 25.1. The van der Waals surface area contributed by atoms with E-state index in [1.807, 2.05) is 31.2 Å². The van der Waals surface area contributed by atoms with Crippen LogP contribution in [0.2, 0.25) is 0 Å². The minimum absolute atomic E-state index is 0.234. The Bertz CT molecular complexity index is 1060. The largest absolute Gasteiger partial charge is 0.271 e. The molecule has 1 amide bonds. The molecular weight excluding hydrogens is 458 g/mol. The number of hydrogen-bond donors (Lipinski definition) is 1. The quantitative estimate of drug-likeness (QED) is 0.472. The highest BCUT2D eigenvalue weighted by Crippen LogP contribution is 2.22. The molecule has 190 valence electrons. The van der Waals surface area contributed by atoms with Crippen LogP contribution in [-0.2, 0) is 16.6 Å². The van der Waals surface area contributed by atoms with Gasteiger partial charge in [0, 0.05) is 11.3 Å². The first kappa shape index (κ1) is 26.9. The Kier molecular flexibility index (Phi) is 10.3. The molecule has 0 aliphatic heterocycles. The van der Waals surface area contributed by atoms with Crippen molar-refractivity contribution in [2.75, 3.05) is 10.6 Å². The van der Waals surface area contributed by atoms with Crippen LogP contribution < -0.4 is 9.73 Å². The molecule has 0 radical (unpaired) electrons. The molecule has 0 saturated heterocycles. The molecule has 0 bridgehead atoms. The summed E-state index contributed by atoms with van der Waals surface area (Å²) in [6.07, 6.45) is 14.3. The molecule has 6 nitrogen and oxygen atoms in total. The first-order valence-corrected chi connectivity index (χ1v) is 14.7. The second-order valence-electron chi connectivity index (χ2n) is 9.60. The van der Waals surface area contributed by atoms with Gasteiger partial charge in [-0.15, -0.1) is 0 Å². The topological polar surface area (TPSA) is 78.8 Å². The Morgan fingerprint density at radius 3 is 1.86 bits per heavy atom. The number of nitrogens with one attached hydrogen (secondary N) is 1. The number of hydrazone groups is 1. The lowest BCUT2D eigenvalue weighted by Gasteiger charge is -2.23. The van der Waals surface area contributed by atoms with Crippen molar-refractivity contribution >= 4 is 27.3 Å². The van der Waals surface area contributed by atoms with Crippen LogP contribution >= 0.6 is 0 Å². The summed E-state index contributed by atoms with van der Waals surface area (Å²) in [6.45, 7) is 2.23. The number of hydrogen-bond acceptors (Lipinski definition) is 4. The van der Waals surface area contributed by atoms with Crippen LogP contribution in [0.4, 0.5) is 5.69 Å². The van der Waals surface area contributed by atoms with Crippen molar-refractivity contribution < 1.29 is 13.2 Å². The molecule has 35 heavy (non-hydrogen) atoms. The molecule has 2 aromatic carbocycles. The molecule has 0 atom stereocenters. The van der Waals surface area contributed by atoms with Crippen LogP contribution in [0.3, 0.4) is 0 Å². The van der Waals surface area contributed by atoms with Gasteiger partial charge in [-0.3, -0.25) is 9.10 Å². The maximum Gasteiger partial charge on any atom is 0.271 e. The van der Waals surface area contributed by atoms with Gasteiger partial charge in [0.05, 0.1) is 18.5 Å². The average molecular weight is 498 g/mol. The molecule has 0 spiro atoms. The molecule has 2 aromatic rings. The minimum Gasteiger partial charge on any atom is -0.267 e. The van der Waals surface area contributed by atoms with E-state index in [1.54, 1.807) is 24.3 Å². The van der Waals surface area contributed by atoms with E-state index in [0.717, 1.165) is 42.5 Å². The van der Waals surface area contributed by atoms with Crippen molar-refractivity contribution in [2.24, 2.45) is 5.10 Å². The van der Waals surface area contributed by atoms with Gasteiger partial charge in [0.2, 0.25) is 10.0 Å². The number of carbonyl (C=O) groups excluding carboxylic acids is 1. The average Bonchev–Trinajstić information content (AvgIpc) is 2.82. The van der Waals surface area contributed by atoms with Crippen molar-refractivity contribution in [3.05, 3.63) is 65.2 Å². The predicted molar refractivity (Wildman–Crippen MR) is 144 cm³/mol. The Balaban J connectivity index is 1.65. The third kappa shape index (κ3) is 9.13. The fourth-order valence-electron chi connectivity index (χ4n) is 4.37. The van der Waals surface area contributed by atoms with Crippen LogP contribution in [0.5, 0.6) is 0 Å². The van der Waals surface area contributed by atoms with Gasteiger partial charge in [-0.25, -0.2) is 13.8 Å². The molecule has 1 N–H and O–H groups in total. The molecule has 0 unspecified atom stereocenters. The number of benzene rings is 2. The molecule has 0 heterocycles. The van der Waals surface area contributed by atoms with Gasteiger partial charge in [0.15, 0.2) is 0 Å². The Hall–Kier alpha value is -2.67. The summed E-state index contributed by atoms with van der Waals surface area (Å²) in [7, 11) is -3.49. The number of aryl methyl sites for hydroxylation is 1. The molecular formula is C28H39N3O3S. The molecule has 1 fully saturated rings. The first-order valence-electron chi connectivity index (χ1n) is 12.8. The van der Waals surface area contributed by atoms with E-state index in [2.05, 4.69) is 10.5 Å². The summed E-state index contributed by atoms with van der Waals surface area (Å²) in [4.78, 5) is 12.7. The molecule has 1 saturated carbocycles. The monoisotopic (exact) mass is 497 g/mol. The van der Waals surface area contributed by atoms with Gasteiger partial charge in [-0.05, 0) is 62.4 Å². The maximum atomic E-state index is 12.7. The van der Waals surface area contributed by atoms with Crippen molar-refractivity contribution in [2.45, 2.75) is 84.1 Å². The molecule has 1 aliphatic carbocycles. The van der Waals surface area contributed by atoms with E-state index in [-0.39, 0.29) is 12.5 Å². The van der Waals surface area contributed by atoms with Crippen LogP contribution in [0.1, 0.15) is 92.1 Å². The summed E-state index contributed by atoms with van der Waals surface area (Å²) in [5.41, 5.74) is 6.78. The SMILES string of the molecule is Cc1ccc(CN(c2ccc(C(=O)NN=C3CCCCCCCCCCC3)cc2)S(C)(=O)=O)cc1. The van der Waals surface area contributed by atoms with Gasteiger partial charge < -0.3 is 0 Å². The zero-order valence-electron chi connectivity index (χ0n) is 21.1. The Morgan fingerprint density at radius 1 is 0.829 bits per heavy atom. The van der Waals surface area contributed by atoms with Crippen LogP contribution in [0.25, 0.3) is 0 Å². The van der Waals surface area contributed by atoms with Crippen LogP contribution in [0.15, 0.2) is 53.6 Å². The van der Waals surface area contributed by atoms with E-state index in [1.165, 1.54) is 55.5 Å². The number of sulfonamides is 1. The van der Waals surface area contributed by atoms with E-state index in [0.29, 0.717) is 11.3 Å². The highest BCUT2D eigenvalue weighted by Gasteiger charge is 2.18. The van der Waals surface area contributed by atoms with Crippen LogP contribution in [0, 0.1) is 6.92 Å². The van der Waals surface area contributed by atoms with Gasteiger partial charge in [0.1, 0.15) is 0 Å². The van der Waals surface area contributed by atoms with E-state index < -0.39 is 10.0 Å². The number of carbonyl (C=O) groups is 1. The number of rotatable bonds is 6. The minimum atomic E-state index is -3.49. The lowest BCUT2D eigenvalue weighted by Crippen LogP contribution is -2.29. The Morgan fingerprint density at radius 2 is 1.34 bits per heavy atom. The lowest BCUT2D eigenvalue weighted by molar-refractivity contribution is 0.0954. The summed E-state index contributed by atoms with van der Waals surface area (Å²) >= 11 is 0. The fraction of sp³-hybridized carbons (Fsp3) is 0.500. The van der Waals surface area contributed by atoms with Crippen molar-refractivity contribution in [1.29, 1.82) is 0 Å². The third-order valence-electron chi connectivity index (χ3n) is 6.51. The van der Waals surface area contributed by atoms with Gasteiger partial charge in [-0.1, -0.05) is 74.8 Å². The summed E-state index contributed by atoms with van der Waals surface area (Å²) in [5.74, 6) is -0.278. The van der Waals surface area contributed by atoms with Crippen molar-refractivity contribution in [1.82, 2.24) is 5.43 Å². The molecule has 7 heteroatoms. The number of nitrogens with zero attached hydrogens (tertiary/aromatic N) is 2. The second-order valence-corrected chi connectivity index (χ2v) is 11.5. The smallest absolute Gasteiger partial charge is 0.267 e. The zero-order valence-corrected chi connectivity index (χ0v) is 21.9. The highest BCUT2D eigenvalue weighted by atomic mass is 32.2. The van der Waals surface area contributed by atoms with Crippen LogP contribution in [-0.4, -0.2) is 26.3 Å². The first-order chi connectivity index (χ1) is 16.8. The third-order valence-corrected chi connectivity index (χ3v) is 7.65. The molecule has 3 rings (SSSR count). The maximum absolute atomic E-state index is 12.7. The number of anilines is 1. The fourth-order valence-corrected chi connectivity index (χ4v) is 5.25. The van der Waals surface area contributed by atoms with E-state index in [4.69, 9.17) is 0 Å². The number of amides is 1. The molecule has 1 aliphatic rings. The normalized spacial score (nSPS) is 16.0. The van der Waals surface area contributed by atoms with Crippen molar-refractivity contribution in [3.63, 3.8) is 0 Å². The summed E-state index contributed by atoms with van der Waals surface area (Å²) < 4.78 is 26.3. The molecule has 0 aromatic heterocycles. The van der Waals surface area contributed by atoms with Crippen molar-refractivity contribution in [3.8, 4) is 0 Å². The van der Waals surface area contributed by atoms with Gasteiger partial charge in [-0.2, -0.15) is 5.10 Å². The standard InChI is InChI=1S/C28H39N3O3S/c1-23-14-16-24(17-15-23)22-31(35(2,33)34)27-20-18-25(19-21-27)28(32)30-29-26-12-10-8-6-4-3-5-7-9-11-13-26/h14-21H,3-13,22H2,1-2H3,(H,30,32). The van der Waals surface area contributed by atoms with Gasteiger partial charge >= 0.3 is 0 Å². The second kappa shape index (κ2) is 13.4. The summed E-state index contributed by atoms with van der Waals surface area (Å²) in [5, 5.41) is 4.46. The van der Waals surface area contributed by atoms with E-state index in [9.17, 15) is 13.2 Å². The summed E-state index contributed by atoms with van der Waals surface area (Å²) in [6, 6.07) is 14.4. The predicted octanol–water partition coefficient (Wildman–Crippen LogP) is 6.35. The van der Waals surface area contributed by atoms with E-state index >= 15 is 0 Å². The highest BCUT2D eigenvalue weighted by molar-refractivity contribution is 7.92.